The SMILES string of the molecule is CCNCc1cc(S(=O)(=O)N2CC(C)CC(C)C2)cs1. The first-order valence-electron chi connectivity index (χ1n) is 7.21. The highest BCUT2D eigenvalue weighted by Gasteiger charge is 2.32. The van der Waals surface area contributed by atoms with Gasteiger partial charge in [0, 0.05) is 29.9 Å². The Labute approximate surface area is 126 Å². The molecule has 1 N–H and O–H groups in total. The molecule has 1 saturated heterocycles. The van der Waals surface area contributed by atoms with Crippen LogP contribution in [0.3, 0.4) is 0 Å². The van der Waals surface area contributed by atoms with Crippen LogP contribution in [0.1, 0.15) is 32.1 Å². The van der Waals surface area contributed by atoms with Crippen molar-refractivity contribution in [1.82, 2.24) is 9.62 Å². The smallest absolute Gasteiger partial charge is 0.243 e. The minimum atomic E-state index is -3.32. The van der Waals surface area contributed by atoms with Crippen LogP contribution < -0.4 is 5.32 Å². The van der Waals surface area contributed by atoms with Gasteiger partial charge >= 0.3 is 0 Å². The number of nitrogens with zero attached hydrogens (tertiary/aromatic N) is 1. The second-order valence-corrected chi connectivity index (χ2v) is 8.73. The minimum Gasteiger partial charge on any atom is -0.312 e. The van der Waals surface area contributed by atoms with Gasteiger partial charge in [0.2, 0.25) is 10.0 Å². The van der Waals surface area contributed by atoms with E-state index in [0.717, 1.165) is 24.4 Å². The molecule has 1 aromatic rings. The molecule has 0 aromatic carbocycles. The standard InChI is InChI=1S/C14H24N2O2S2/c1-4-15-7-13-6-14(10-19-13)20(17,18)16-8-11(2)5-12(3)9-16/h6,10-12,15H,4-5,7-9H2,1-3H3. The van der Waals surface area contributed by atoms with E-state index in [9.17, 15) is 8.42 Å². The fourth-order valence-corrected chi connectivity index (χ4v) is 5.70. The van der Waals surface area contributed by atoms with Gasteiger partial charge < -0.3 is 5.32 Å². The number of hydrogen-bond acceptors (Lipinski definition) is 4. The Morgan fingerprint density at radius 1 is 1.35 bits per heavy atom. The number of hydrogen-bond donors (Lipinski definition) is 1. The molecule has 1 aliphatic rings. The lowest BCUT2D eigenvalue weighted by Gasteiger charge is -2.33. The van der Waals surface area contributed by atoms with Crippen molar-refractivity contribution in [2.24, 2.45) is 11.8 Å². The molecule has 0 bridgehead atoms. The third kappa shape index (κ3) is 3.61. The summed E-state index contributed by atoms with van der Waals surface area (Å²) in [5.74, 6) is 0.877. The summed E-state index contributed by atoms with van der Waals surface area (Å²) in [5.41, 5.74) is 0. The second kappa shape index (κ2) is 6.56. The van der Waals surface area contributed by atoms with Gasteiger partial charge in [-0.25, -0.2) is 8.42 Å². The van der Waals surface area contributed by atoms with E-state index in [1.165, 1.54) is 11.3 Å². The Morgan fingerprint density at radius 2 is 2.00 bits per heavy atom. The highest BCUT2D eigenvalue weighted by atomic mass is 32.2. The van der Waals surface area contributed by atoms with Crippen LogP contribution in [0.25, 0.3) is 0 Å². The van der Waals surface area contributed by atoms with E-state index in [2.05, 4.69) is 19.2 Å². The zero-order valence-electron chi connectivity index (χ0n) is 12.4. The van der Waals surface area contributed by atoms with Crippen molar-refractivity contribution in [2.75, 3.05) is 19.6 Å². The second-order valence-electron chi connectivity index (χ2n) is 5.80. The number of sulfonamides is 1. The van der Waals surface area contributed by atoms with Gasteiger partial charge in [0.1, 0.15) is 0 Å². The van der Waals surface area contributed by atoms with E-state index in [1.807, 2.05) is 13.0 Å². The summed E-state index contributed by atoms with van der Waals surface area (Å²) in [6.45, 7) is 9.22. The fraction of sp³-hybridized carbons (Fsp3) is 0.714. The van der Waals surface area contributed by atoms with Crippen molar-refractivity contribution in [2.45, 2.75) is 38.6 Å². The topological polar surface area (TPSA) is 49.4 Å². The first kappa shape index (κ1) is 15.9. The molecular formula is C14H24N2O2S2. The Bertz CT molecular complexity index is 529. The Morgan fingerprint density at radius 3 is 2.60 bits per heavy atom. The molecule has 1 aliphatic heterocycles. The Hall–Kier alpha value is -0.430. The van der Waals surface area contributed by atoms with E-state index >= 15 is 0 Å². The van der Waals surface area contributed by atoms with Crippen LogP contribution in [0.5, 0.6) is 0 Å². The summed E-state index contributed by atoms with van der Waals surface area (Å²) in [4.78, 5) is 1.53. The zero-order valence-corrected chi connectivity index (χ0v) is 14.1. The monoisotopic (exact) mass is 316 g/mol. The lowest BCUT2D eigenvalue weighted by atomic mass is 9.94. The molecule has 114 valence electrons. The molecule has 2 unspecified atom stereocenters. The molecule has 0 spiro atoms. The summed E-state index contributed by atoms with van der Waals surface area (Å²) < 4.78 is 27.0. The molecule has 2 rings (SSSR count). The Balaban J connectivity index is 2.15. The molecule has 1 fully saturated rings. The van der Waals surface area contributed by atoms with Crippen LogP contribution in [-0.4, -0.2) is 32.4 Å². The van der Waals surface area contributed by atoms with Gasteiger partial charge in [0.15, 0.2) is 0 Å². The molecule has 4 nitrogen and oxygen atoms in total. The molecule has 2 heterocycles. The van der Waals surface area contributed by atoms with E-state index in [0.29, 0.717) is 29.8 Å². The first-order chi connectivity index (χ1) is 9.43. The molecule has 1 aromatic heterocycles. The predicted molar refractivity (Wildman–Crippen MR) is 83.4 cm³/mol. The number of rotatable bonds is 5. The molecule has 0 aliphatic carbocycles. The lowest BCUT2D eigenvalue weighted by Crippen LogP contribution is -2.42. The molecular weight excluding hydrogens is 292 g/mol. The fourth-order valence-electron chi connectivity index (χ4n) is 2.79. The van der Waals surface area contributed by atoms with E-state index in [1.54, 1.807) is 9.69 Å². The maximum absolute atomic E-state index is 12.7. The summed E-state index contributed by atoms with van der Waals surface area (Å²) in [5, 5.41) is 4.99. The van der Waals surface area contributed by atoms with Crippen molar-refractivity contribution < 1.29 is 8.42 Å². The average molecular weight is 316 g/mol. The maximum atomic E-state index is 12.7. The maximum Gasteiger partial charge on any atom is 0.243 e. The average Bonchev–Trinajstić information content (AvgIpc) is 2.84. The van der Waals surface area contributed by atoms with Gasteiger partial charge in [-0.15, -0.1) is 11.3 Å². The normalized spacial score (nSPS) is 24.9. The first-order valence-corrected chi connectivity index (χ1v) is 9.53. The largest absolute Gasteiger partial charge is 0.312 e. The van der Waals surface area contributed by atoms with Gasteiger partial charge in [-0.05, 0) is 30.9 Å². The quantitative estimate of drug-likeness (QED) is 0.908. The molecule has 2 atom stereocenters. The summed E-state index contributed by atoms with van der Waals surface area (Å²) in [6, 6.07) is 1.81. The highest BCUT2D eigenvalue weighted by Crippen LogP contribution is 2.28. The third-order valence-corrected chi connectivity index (χ3v) is 6.55. The molecule has 20 heavy (non-hydrogen) atoms. The van der Waals surface area contributed by atoms with Crippen LogP contribution in [-0.2, 0) is 16.6 Å². The van der Waals surface area contributed by atoms with E-state index < -0.39 is 10.0 Å². The van der Waals surface area contributed by atoms with Crippen molar-refractivity contribution in [3.05, 3.63) is 16.3 Å². The van der Waals surface area contributed by atoms with Crippen LogP contribution >= 0.6 is 11.3 Å². The lowest BCUT2D eigenvalue weighted by molar-refractivity contribution is 0.222. The summed E-state index contributed by atoms with van der Waals surface area (Å²) >= 11 is 1.51. The van der Waals surface area contributed by atoms with Crippen LogP contribution in [0.4, 0.5) is 0 Å². The van der Waals surface area contributed by atoms with Crippen LogP contribution in [0.2, 0.25) is 0 Å². The highest BCUT2D eigenvalue weighted by molar-refractivity contribution is 7.89. The van der Waals surface area contributed by atoms with Crippen LogP contribution in [0, 0.1) is 11.8 Å². The Kier molecular flexibility index (Phi) is 5.23. The van der Waals surface area contributed by atoms with Crippen molar-refractivity contribution in [3.63, 3.8) is 0 Å². The van der Waals surface area contributed by atoms with Gasteiger partial charge in [-0.3, -0.25) is 0 Å². The molecule has 0 amide bonds. The van der Waals surface area contributed by atoms with Crippen molar-refractivity contribution in [3.8, 4) is 0 Å². The summed E-state index contributed by atoms with van der Waals surface area (Å²) in [7, 11) is -3.32. The van der Waals surface area contributed by atoms with Gasteiger partial charge in [0.05, 0.1) is 4.90 Å². The number of piperidine rings is 1. The number of nitrogens with one attached hydrogen (secondary N) is 1. The number of thiophene rings is 1. The zero-order chi connectivity index (χ0) is 14.8. The van der Waals surface area contributed by atoms with Crippen molar-refractivity contribution >= 4 is 21.4 Å². The molecule has 0 radical (unpaired) electrons. The predicted octanol–water partition coefficient (Wildman–Crippen LogP) is 2.52. The van der Waals surface area contributed by atoms with Gasteiger partial charge in [-0.1, -0.05) is 20.8 Å². The van der Waals surface area contributed by atoms with Crippen LogP contribution in [0.15, 0.2) is 16.3 Å². The van der Waals surface area contributed by atoms with Crippen molar-refractivity contribution in [1.29, 1.82) is 0 Å². The third-order valence-electron chi connectivity index (χ3n) is 3.65. The summed E-state index contributed by atoms with van der Waals surface area (Å²) in [6.07, 6.45) is 1.11. The van der Waals surface area contributed by atoms with Gasteiger partial charge in [0.25, 0.3) is 0 Å². The van der Waals surface area contributed by atoms with Gasteiger partial charge in [-0.2, -0.15) is 4.31 Å². The molecule has 0 saturated carbocycles. The molecule has 6 heteroatoms. The van der Waals surface area contributed by atoms with E-state index in [-0.39, 0.29) is 0 Å². The van der Waals surface area contributed by atoms with E-state index in [4.69, 9.17) is 0 Å². The minimum absolute atomic E-state index is 0.438.